The molecule has 0 saturated heterocycles. The highest BCUT2D eigenvalue weighted by Gasteiger charge is 2.04. The first kappa shape index (κ1) is 25.4. The monoisotopic (exact) mass is 420 g/mol. The van der Waals surface area contributed by atoms with Crippen molar-refractivity contribution in [3.05, 3.63) is 44.8 Å². The third-order valence-electron chi connectivity index (χ3n) is 5.43. The number of unbranched alkanes of at least 4 members (excludes halogenated alkanes) is 6. The van der Waals surface area contributed by atoms with Crippen LogP contribution >= 0.6 is 22.7 Å². The Morgan fingerprint density at radius 3 is 1.39 bits per heavy atom. The summed E-state index contributed by atoms with van der Waals surface area (Å²) in [6, 6.07) is 4.51. The Kier molecular flexibility index (Phi) is 15.7. The molecule has 0 aromatic carbocycles. The van der Waals surface area contributed by atoms with Gasteiger partial charge in [0, 0.05) is 0 Å². The van der Waals surface area contributed by atoms with Crippen LogP contribution in [0.4, 0.5) is 0 Å². The maximum Gasteiger partial charge on any atom is -0.00612 e. The molecule has 2 atom stereocenters. The number of rotatable bonds is 14. The van der Waals surface area contributed by atoms with Crippen molar-refractivity contribution in [1.82, 2.24) is 0 Å². The van der Waals surface area contributed by atoms with Gasteiger partial charge < -0.3 is 0 Å². The molecule has 0 aliphatic heterocycles. The summed E-state index contributed by atoms with van der Waals surface area (Å²) in [5.74, 6) is 1.72. The van der Waals surface area contributed by atoms with Crippen LogP contribution in [0.1, 0.15) is 103 Å². The molecule has 28 heavy (non-hydrogen) atoms. The van der Waals surface area contributed by atoms with E-state index in [0.29, 0.717) is 0 Å². The number of thiophene rings is 2. The molecule has 0 N–H and O–H groups in total. The standard InChI is InChI=1S/2C13H22S/c2*1-3-4-5-6-7-12(2)10-13-8-9-14-11-13/h2*8-9,11-12H,3-7,10H2,1-2H3/t2*12-/m10/s1. The molecular weight excluding hydrogens is 376 g/mol. The van der Waals surface area contributed by atoms with E-state index in [1.807, 2.05) is 22.7 Å². The van der Waals surface area contributed by atoms with Gasteiger partial charge in [0.2, 0.25) is 0 Å². The summed E-state index contributed by atoms with van der Waals surface area (Å²) in [6.45, 7) is 9.30. The second-order valence-corrected chi connectivity index (χ2v) is 10.1. The lowest BCUT2D eigenvalue weighted by Gasteiger charge is -2.09. The number of hydrogen-bond donors (Lipinski definition) is 0. The SMILES string of the molecule is CCCCCC[C@@H](C)Cc1ccsc1.CCCCCC[C@H](C)Cc1ccsc1. The maximum absolute atomic E-state index is 2.38. The molecule has 0 aliphatic carbocycles. The van der Waals surface area contributed by atoms with Gasteiger partial charge in [-0.3, -0.25) is 0 Å². The minimum absolute atomic E-state index is 0.862. The van der Waals surface area contributed by atoms with Gasteiger partial charge in [-0.05, 0) is 69.5 Å². The molecule has 0 spiro atoms. The quantitative estimate of drug-likeness (QED) is 0.267. The molecule has 0 unspecified atom stereocenters. The lowest BCUT2D eigenvalue weighted by atomic mass is 9.97. The zero-order chi connectivity index (χ0) is 20.5. The summed E-state index contributed by atoms with van der Waals surface area (Å²) in [7, 11) is 0. The Morgan fingerprint density at radius 2 is 1.07 bits per heavy atom. The van der Waals surface area contributed by atoms with Crippen LogP contribution in [0.2, 0.25) is 0 Å². The summed E-state index contributed by atoms with van der Waals surface area (Å²) in [5.41, 5.74) is 3.05. The molecule has 0 amide bonds. The molecule has 0 fully saturated rings. The minimum Gasteiger partial charge on any atom is -0.152 e. The molecule has 0 saturated carbocycles. The van der Waals surface area contributed by atoms with Gasteiger partial charge in [-0.1, -0.05) is 91.9 Å². The maximum atomic E-state index is 2.38. The fraction of sp³-hybridized carbons (Fsp3) is 0.692. The molecular formula is C26H44S2. The van der Waals surface area contributed by atoms with Crippen molar-refractivity contribution in [3.63, 3.8) is 0 Å². The summed E-state index contributed by atoms with van der Waals surface area (Å²) >= 11 is 3.63. The van der Waals surface area contributed by atoms with E-state index in [2.05, 4.69) is 61.3 Å². The Hall–Kier alpha value is -0.600. The van der Waals surface area contributed by atoms with E-state index in [4.69, 9.17) is 0 Å². The van der Waals surface area contributed by atoms with Crippen molar-refractivity contribution in [2.75, 3.05) is 0 Å². The molecule has 2 heteroatoms. The van der Waals surface area contributed by atoms with Gasteiger partial charge in [-0.25, -0.2) is 0 Å². The molecule has 160 valence electrons. The van der Waals surface area contributed by atoms with E-state index in [1.165, 1.54) is 88.2 Å². The smallest absolute Gasteiger partial charge is 0.00612 e. The molecule has 0 radical (unpaired) electrons. The van der Waals surface area contributed by atoms with Crippen molar-refractivity contribution in [2.45, 2.75) is 105 Å². The Morgan fingerprint density at radius 1 is 0.643 bits per heavy atom. The predicted octanol–water partition coefficient (Wildman–Crippen LogP) is 9.79. The average molecular weight is 421 g/mol. The minimum atomic E-state index is 0.862. The zero-order valence-electron chi connectivity index (χ0n) is 18.9. The molecule has 2 rings (SSSR count). The van der Waals surface area contributed by atoms with Gasteiger partial charge in [0.05, 0.1) is 0 Å². The van der Waals surface area contributed by atoms with Crippen LogP contribution in [0.25, 0.3) is 0 Å². The van der Waals surface area contributed by atoms with Gasteiger partial charge in [0.1, 0.15) is 0 Å². The normalized spacial score (nSPS) is 13.0. The summed E-state index contributed by atoms with van der Waals surface area (Å²) in [5, 5.41) is 8.92. The Labute approximate surface area is 183 Å². The van der Waals surface area contributed by atoms with Gasteiger partial charge in [-0.15, -0.1) is 0 Å². The van der Waals surface area contributed by atoms with E-state index < -0.39 is 0 Å². The van der Waals surface area contributed by atoms with E-state index in [0.717, 1.165) is 11.8 Å². The van der Waals surface area contributed by atoms with Gasteiger partial charge in [-0.2, -0.15) is 22.7 Å². The van der Waals surface area contributed by atoms with Gasteiger partial charge >= 0.3 is 0 Å². The van der Waals surface area contributed by atoms with E-state index in [9.17, 15) is 0 Å². The number of hydrogen-bond acceptors (Lipinski definition) is 2. The molecule has 2 aromatic rings. The fourth-order valence-electron chi connectivity index (χ4n) is 3.67. The van der Waals surface area contributed by atoms with Crippen molar-refractivity contribution in [3.8, 4) is 0 Å². The average Bonchev–Trinajstić information content (AvgIpc) is 3.37. The van der Waals surface area contributed by atoms with Crippen LogP contribution in [-0.4, -0.2) is 0 Å². The Bertz CT molecular complexity index is 477. The van der Waals surface area contributed by atoms with Crippen LogP contribution in [0.3, 0.4) is 0 Å². The molecule has 0 aliphatic rings. The lowest BCUT2D eigenvalue weighted by molar-refractivity contribution is 0.487. The second-order valence-electron chi connectivity index (χ2n) is 8.58. The first-order valence-electron chi connectivity index (χ1n) is 11.7. The summed E-state index contributed by atoms with van der Waals surface area (Å²) in [6.07, 6.45) is 16.5. The van der Waals surface area contributed by atoms with Crippen LogP contribution in [-0.2, 0) is 12.8 Å². The van der Waals surface area contributed by atoms with E-state index >= 15 is 0 Å². The first-order valence-corrected chi connectivity index (χ1v) is 13.6. The highest BCUT2D eigenvalue weighted by Crippen LogP contribution is 2.18. The van der Waals surface area contributed by atoms with Crippen molar-refractivity contribution < 1.29 is 0 Å². The summed E-state index contributed by atoms with van der Waals surface area (Å²) < 4.78 is 0. The third-order valence-corrected chi connectivity index (χ3v) is 6.89. The molecule has 2 aromatic heterocycles. The Balaban J connectivity index is 0.000000280. The van der Waals surface area contributed by atoms with Crippen LogP contribution in [0.5, 0.6) is 0 Å². The van der Waals surface area contributed by atoms with Crippen molar-refractivity contribution in [1.29, 1.82) is 0 Å². The first-order chi connectivity index (χ1) is 13.7. The van der Waals surface area contributed by atoms with Gasteiger partial charge in [0.15, 0.2) is 0 Å². The molecule has 0 nitrogen and oxygen atoms in total. The zero-order valence-corrected chi connectivity index (χ0v) is 20.6. The lowest BCUT2D eigenvalue weighted by Crippen LogP contribution is -1.98. The van der Waals surface area contributed by atoms with Crippen LogP contribution < -0.4 is 0 Å². The van der Waals surface area contributed by atoms with Gasteiger partial charge in [0.25, 0.3) is 0 Å². The third kappa shape index (κ3) is 13.6. The largest absolute Gasteiger partial charge is 0.152 e. The molecule has 0 bridgehead atoms. The van der Waals surface area contributed by atoms with E-state index in [1.54, 1.807) is 0 Å². The van der Waals surface area contributed by atoms with Crippen molar-refractivity contribution in [2.24, 2.45) is 11.8 Å². The van der Waals surface area contributed by atoms with Crippen molar-refractivity contribution >= 4 is 22.7 Å². The fourth-order valence-corrected chi connectivity index (χ4v) is 5.03. The highest BCUT2D eigenvalue weighted by molar-refractivity contribution is 7.08. The summed E-state index contributed by atoms with van der Waals surface area (Å²) in [4.78, 5) is 0. The molecule has 2 heterocycles. The second kappa shape index (κ2) is 17.3. The topological polar surface area (TPSA) is 0 Å². The van der Waals surface area contributed by atoms with E-state index in [-0.39, 0.29) is 0 Å². The van der Waals surface area contributed by atoms with Crippen LogP contribution in [0.15, 0.2) is 33.7 Å². The van der Waals surface area contributed by atoms with Crippen LogP contribution in [0, 0.1) is 11.8 Å². The predicted molar refractivity (Wildman–Crippen MR) is 132 cm³/mol. The highest BCUT2D eigenvalue weighted by atomic mass is 32.1.